The zero-order valence-electron chi connectivity index (χ0n) is 11.5. The van der Waals surface area contributed by atoms with Gasteiger partial charge in [-0.1, -0.05) is 0 Å². The van der Waals surface area contributed by atoms with E-state index in [1.54, 1.807) is 0 Å². The molecule has 1 N–H and O–H groups in total. The minimum atomic E-state index is -0.801. The number of rotatable bonds is 0. The minimum Gasteiger partial charge on any atom is -0.444 e. The van der Waals surface area contributed by atoms with Crippen molar-refractivity contribution in [1.29, 1.82) is 0 Å². The van der Waals surface area contributed by atoms with Crippen LogP contribution in [0.5, 0.6) is 0 Å². The lowest BCUT2D eigenvalue weighted by Gasteiger charge is -2.31. The predicted molar refractivity (Wildman–Crippen MR) is 65.8 cm³/mol. The van der Waals surface area contributed by atoms with Crippen molar-refractivity contribution in [2.24, 2.45) is 0 Å². The quantitative estimate of drug-likeness (QED) is 0.703. The third-order valence-corrected chi connectivity index (χ3v) is 2.87. The van der Waals surface area contributed by atoms with Crippen molar-refractivity contribution in [2.45, 2.75) is 32.0 Å². The summed E-state index contributed by atoms with van der Waals surface area (Å²) in [7, 11) is 0. The normalized spacial score (nSPS) is 27.7. The molecule has 7 heteroatoms. The van der Waals surface area contributed by atoms with E-state index in [1.807, 2.05) is 20.8 Å². The first-order valence-electron chi connectivity index (χ1n) is 6.32. The molecule has 1 atom stereocenters. The van der Waals surface area contributed by atoms with E-state index in [9.17, 15) is 9.59 Å². The van der Waals surface area contributed by atoms with E-state index in [-0.39, 0.29) is 13.2 Å². The summed E-state index contributed by atoms with van der Waals surface area (Å²) in [5, 5.41) is 2.60. The maximum Gasteiger partial charge on any atom is 0.410 e. The van der Waals surface area contributed by atoms with Gasteiger partial charge in [0.15, 0.2) is 5.60 Å². The summed E-state index contributed by atoms with van der Waals surface area (Å²) in [4.78, 5) is 24.8. The van der Waals surface area contributed by atoms with Crippen molar-refractivity contribution >= 4 is 12.2 Å². The third kappa shape index (κ3) is 3.50. The van der Waals surface area contributed by atoms with Crippen LogP contribution in [0, 0.1) is 0 Å². The average molecular weight is 272 g/mol. The lowest BCUT2D eigenvalue weighted by atomic mass is 10.1. The van der Waals surface area contributed by atoms with Crippen LogP contribution in [0.25, 0.3) is 0 Å². The fourth-order valence-electron chi connectivity index (χ4n) is 2.06. The highest BCUT2D eigenvalue weighted by Crippen LogP contribution is 2.22. The van der Waals surface area contributed by atoms with Crippen molar-refractivity contribution < 1.29 is 23.8 Å². The molecule has 2 aliphatic heterocycles. The van der Waals surface area contributed by atoms with Gasteiger partial charge in [-0.3, -0.25) is 0 Å². The second kappa shape index (κ2) is 4.88. The molecule has 0 radical (unpaired) electrons. The summed E-state index contributed by atoms with van der Waals surface area (Å²) in [6.45, 7) is 7.16. The van der Waals surface area contributed by atoms with Gasteiger partial charge in [0.25, 0.3) is 0 Å². The van der Waals surface area contributed by atoms with Gasteiger partial charge in [-0.15, -0.1) is 0 Å². The molecule has 108 valence electrons. The van der Waals surface area contributed by atoms with E-state index in [4.69, 9.17) is 14.2 Å². The van der Waals surface area contributed by atoms with Gasteiger partial charge in [0, 0.05) is 6.54 Å². The Balaban J connectivity index is 2.04. The average Bonchev–Trinajstić information content (AvgIpc) is 2.51. The second-order valence-electron chi connectivity index (χ2n) is 5.88. The molecule has 0 aromatic rings. The standard InChI is InChI=1S/C12H20N2O5/c1-11(2,3)19-10(16)14-4-5-17-8-12(7-14)6-13-9(15)18-12/h4-8H2,1-3H3,(H,13,15)/t12-/m0/s1. The van der Waals surface area contributed by atoms with Crippen LogP contribution in [0.4, 0.5) is 9.59 Å². The maximum atomic E-state index is 12.1. The SMILES string of the molecule is CC(C)(C)OC(=O)N1CCOC[C@]2(CNC(=O)O2)C1. The molecule has 2 rings (SSSR count). The molecular formula is C12H20N2O5. The highest BCUT2D eigenvalue weighted by Gasteiger charge is 2.45. The van der Waals surface area contributed by atoms with Crippen LogP contribution in [-0.2, 0) is 14.2 Å². The molecule has 1 spiro atoms. The van der Waals surface area contributed by atoms with E-state index in [0.29, 0.717) is 19.7 Å². The molecule has 0 aromatic heterocycles. The molecule has 2 heterocycles. The lowest BCUT2D eigenvalue weighted by Crippen LogP contribution is -2.50. The van der Waals surface area contributed by atoms with E-state index >= 15 is 0 Å². The summed E-state index contributed by atoms with van der Waals surface area (Å²) in [5.74, 6) is 0. The van der Waals surface area contributed by atoms with Gasteiger partial charge in [0.2, 0.25) is 0 Å². The second-order valence-corrected chi connectivity index (χ2v) is 5.88. The minimum absolute atomic E-state index is 0.278. The Morgan fingerprint density at radius 1 is 1.47 bits per heavy atom. The third-order valence-electron chi connectivity index (χ3n) is 2.87. The highest BCUT2D eigenvalue weighted by molar-refractivity contribution is 5.71. The molecule has 0 bridgehead atoms. The Labute approximate surface area is 112 Å². The molecule has 19 heavy (non-hydrogen) atoms. The van der Waals surface area contributed by atoms with Gasteiger partial charge in [-0.2, -0.15) is 0 Å². The molecule has 2 aliphatic rings. The number of nitrogens with one attached hydrogen (secondary N) is 1. The number of hydrogen-bond donors (Lipinski definition) is 1. The Morgan fingerprint density at radius 2 is 2.21 bits per heavy atom. The summed E-state index contributed by atoms with van der Waals surface area (Å²) in [5.41, 5.74) is -1.35. The number of amides is 2. The number of nitrogens with zero attached hydrogens (tertiary/aromatic N) is 1. The van der Waals surface area contributed by atoms with E-state index in [0.717, 1.165) is 0 Å². The van der Waals surface area contributed by atoms with Crippen LogP contribution in [-0.4, -0.2) is 61.1 Å². The fourth-order valence-corrected chi connectivity index (χ4v) is 2.06. The first kappa shape index (κ1) is 13.9. The zero-order chi connectivity index (χ0) is 14.1. The van der Waals surface area contributed by atoms with Crippen LogP contribution < -0.4 is 5.32 Å². The van der Waals surface area contributed by atoms with Gasteiger partial charge in [0.05, 0.1) is 26.3 Å². The number of carbonyl (C=O) groups is 2. The first-order valence-corrected chi connectivity index (χ1v) is 6.32. The molecule has 2 amide bonds. The van der Waals surface area contributed by atoms with Gasteiger partial charge < -0.3 is 24.4 Å². The van der Waals surface area contributed by atoms with Crippen LogP contribution in [0.1, 0.15) is 20.8 Å². The smallest absolute Gasteiger partial charge is 0.410 e. The van der Waals surface area contributed by atoms with Crippen LogP contribution in [0.3, 0.4) is 0 Å². The first-order chi connectivity index (χ1) is 8.80. The Kier molecular flexibility index (Phi) is 3.58. The topological polar surface area (TPSA) is 77.1 Å². The molecule has 0 aromatic carbocycles. The molecule has 2 saturated heterocycles. The number of hydrogen-bond acceptors (Lipinski definition) is 5. The Bertz CT molecular complexity index is 379. The van der Waals surface area contributed by atoms with Crippen molar-refractivity contribution in [3.63, 3.8) is 0 Å². The van der Waals surface area contributed by atoms with Crippen molar-refractivity contribution in [3.05, 3.63) is 0 Å². The van der Waals surface area contributed by atoms with Crippen molar-refractivity contribution in [3.8, 4) is 0 Å². The summed E-state index contributed by atoms with van der Waals surface area (Å²) >= 11 is 0. The van der Waals surface area contributed by atoms with Gasteiger partial charge in [-0.05, 0) is 20.8 Å². The number of carbonyl (C=O) groups excluding carboxylic acids is 2. The summed E-state index contributed by atoms with van der Waals surface area (Å²) in [6.07, 6.45) is -0.894. The molecule has 2 fully saturated rings. The molecule has 0 saturated carbocycles. The van der Waals surface area contributed by atoms with Gasteiger partial charge in [0.1, 0.15) is 5.60 Å². The zero-order valence-corrected chi connectivity index (χ0v) is 11.5. The fraction of sp³-hybridized carbons (Fsp3) is 0.833. The van der Waals surface area contributed by atoms with Gasteiger partial charge in [-0.25, -0.2) is 9.59 Å². The molecule has 7 nitrogen and oxygen atoms in total. The van der Waals surface area contributed by atoms with Crippen LogP contribution >= 0.6 is 0 Å². The highest BCUT2D eigenvalue weighted by atomic mass is 16.6. The number of alkyl carbamates (subject to hydrolysis) is 1. The van der Waals surface area contributed by atoms with E-state index < -0.39 is 23.4 Å². The molecule has 0 aliphatic carbocycles. The largest absolute Gasteiger partial charge is 0.444 e. The lowest BCUT2D eigenvalue weighted by molar-refractivity contribution is -0.0207. The summed E-state index contributed by atoms with van der Waals surface area (Å²) < 4.78 is 16.0. The van der Waals surface area contributed by atoms with Crippen molar-refractivity contribution in [2.75, 3.05) is 32.8 Å². The maximum absolute atomic E-state index is 12.1. The molecule has 0 unspecified atom stereocenters. The Hall–Kier alpha value is -1.50. The predicted octanol–water partition coefficient (Wildman–Crippen LogP) is 0.732. The Morgan fingerprint density at radius 3 is 2.79 bits per heavy atom. The van der Waals surface area contributed by atoms with E-state index in [1.165, 1.54) is 4.90 Å². The van der Waals surface area contributed by atoms with Gasteiger partial charge >= 0.3 is 12.2 Å². The molecular weight excluding hydrogens is 252 g/mol. The number of ether oxygens (including phenoxy) is 3. The monoisotopic (exact) mass is 272 g/mol. The van der Waals surface area contributed by atoms with Crippen LogP contribution in [0.15, 0.2) is 0 Å². The van der Waals surface area contributed by atoms with E-state index in [2.05, 4.69) is 5.32 Å². The van der Waals surface area contributed by atoms with Crippen LogP contribution in [0.2, 0.25) is 0 Å². The van der Waals surface area contributed by atoms with Crippen molar-refractivity contribution in [1.82, 2.24) is 10.2 Å². The summed E-state index contributed by atoms with van der Waals surface area (Å²) in [6, 6.07) is 0.